The molecular formula is C20H24N4O2S2. The molecule has 1 aliphatic carbocycles. The molecule has 0 atom stereocenters. The molecule has 0 radical (unpaired) electrons. The van der Waals surface area contributed by atoms with Crippen molar-refractivity contribution in [3.8, 4) is 0 Å². The molecule has 0 saturated heterocycles. The first-order valence-corrected chi connectivity index (χ1v) is 11.2. The zero-order chi connectivity index (χ0) is 19.8. The Bertz CT molecular complexity index is 796. The first-order chi connectivity index (χ1) is 13.6. The van der Waals surface area contributed by atoms with E-state index in [-0.39, 0.29) is 17.9 Å². The smallest absolute Gasteiger partial charge is 0.230 e. The molecule has 2 aromatic rings. The first kappa shape index (κ1) is 20.7. The van der Waals surface area contributed by atoms with Gasteiger partial charge in [-0.25, -0.2) is 9.97 Å². The lowest BCUT2D eigenvalue weighted by Gasteiger charge is -2.28. The Hall–Kier alpha value is -2.06. The fourth-order valence-corrected chi connectivity index (χ4v) is 4.99. The average molecular weight is 417 g/mol. The summed E-state index contributed by atoms with van der Waals surface area (Å²) in [5.74, 6) is 0.251. The summed E-state index contributed by atoms with van der Waals surface area (Å²) >= 11 is 3.17. The zero-order valence-corrected chi connectivity index (χ0v) is 17.4. The molecule has 8 heteroatoms. The van der Waals surface area contributed by atoms with Crippen molar-refractivity contribution in [3.05, 3.63) is 42.7 Å². The van der Waals surface area contributed by atoms with E-state index in [9.17, 15) is 9.59 Å². The van der Waals surface area contributed by atoms with Crippen LogP contribution >= 0.6 is 23.5 Å². The Morgan fingerprint density at radius 1 is 1.07 bits per heavy atom. The van der Waals surface area contributed by atoms with Crippen LogP contribution in [0.25, 0.3) is 0 Å². The van der Waals surface area contributed by atoms with E-state index in [2.05, 4.69) is 20.6 Å². The molecule has 3 rings (SSSR count). The molecule has 0 spiro atoms. The largest absolute Gasteiger partial charge is 0.353 e. The number of rotatable bonds is 7. The maximum atomic E-state index is 12.3. The van der Waals surface area contributed by atoms with Gasteiger partial charge in [-0.3, -0.25) is 9.59 Å². The lowest BCUT2D eigenvalue weighted by Crippen LogP contribution is -2.39. The van der Waals surface area contributed by atoms with Crippen LogP contribution in [-0.2, 0) is 9.59 Å². The Kier molecular flexibility index (Phi) is 7.73. The maximum absolute atomic E-state index is 12.3. The number of benzene rings is 1. The molecule has 1 aromatic carbocycles. The van der Waals surface area contributed by atoms with Crippen molar-refractivity contribution in [1.82, 2.24) is 15.3 Å². The standard InChI is InChI=1S/C20H24N4O2S2/c1-14(25)23-17-5-2-3-6-18(17)27-13-19(26)24-15-7-9-16(10-8-15)28-20-21-11-4-12-22-20/h2-6,11-12,15-16H,7-10,13H2,1H3,(H,23,25)(H,24,26). The van der Waals surface area contributed by atoms with Crippen molar-refractivity contribution in [3.63, 3.8) is 0 Å². The van der Waals surface area contributed by atoms with E-state index in [4.69, 9.17) is 0 Å². The van der Waals surface area contributed by atoms with Crippen LogP contribution in [-0.4, -0.2) is 38.8 Å². The summed E-state index contributed by atoms with van der Waals surface area (Å²) in [7, 11) is 0. The minimum Gasteiger partial charge on any atom is -0.353 e. The van der Waals surface area contributed by atoms with Gasteiger partial charge in [-0.05, 0) is 43.9 Å². The Balaban J connectivity index is 1.41. The molecule has 0 unspecified atom stereocenters. The van der Waals surface area contributed by atoms with Crippen LogP contribution in [0, 0.1) is 0 Å². The summed E-state index contributed by atoms with van der Waals surface area (Å²) in [6.07, 6.45) is 7.58. The Morgan fingerprint density at radius 2 is 1.79 bits per heavy atom. The van der Waals surface area contributed by atoms with E-state index in [1.54, 1.807) is 24.2 Å². The number of nitrogens with zero attached hydrogens (tertiary/aromatic N) is 2. The fraction of sp³-hybridized carbons (Fsp3) is 0.400. The summed E-state index contributed by atoms with van der Waals surface area (Å²) in [6.45, 7) is 1.48. The van der Waals surface area contributed by atoms with Gasteiger partial charge >= 0.3 is 0 Å². The van der Waals surface area contributed by atoms with Gasteiger partial charge in [-0.1, -0.05) is 23.9 Å². The molecule has 1 aliphatic rings. The third-order valence-electron chi connectivity index (χ3n) is 4.41. The summed E-state index contributed by atoms with van der Waals surface area (Å²) in [5.41, 5.74) is 0.744. The third kappa shape index (κ3) is 6.53. The van der Waals surface area contributed by atoms with Crippen molar-refractivity contribution in [1.29, 1.82) is 0 Å². The van der Waals surface area contributed by atoms with Crippen LogP contribution < -0.4 is 10.6 Å². The number of hydrogen-bond acceptors (Lipinski definition) is 6. The topological polar surface area (TPSA) is 84.0 Å². The van der Waals surface area contributed by atoms with Crippen LogP contribution in [0.2, 0.25) is 0 Å². The number of para-hydroxylation sites is 1. The zero-order valence-electron chi connectivity index (χ0n) is 15.8. The van der Waals surface area contributed by atoms with Crippen LogP contribution in [0.15, 0.2) is 52.8 Å². The predicted molar refractivity (Wildman–Crippen MR) is 114 cm³/mol. The number of nitrogens with one attached hydrogen (secondary N) is 2. The number of thioether (sulfide) groups is 2. The van der Waals surface area contributed by atoms with E-state index in [1.807, 2.05) is 30.3 Å². The second-order valence-corrected chi connectivity index (χ2v) is 8.94. The van der Waals surface area contributed by atoms with Crippen molar-refractivity contribution >= 4 is 41.0 Å². The SMILES string of the molecule is CC(=O)Nc1ccccc1SCC(=O)NC1CCC(Sc2ncccn2)CC1. The molecule has 0 aliphatic heterocycles. The molecular weight excluding hydrogens is 392 g/mol. The van der Waals surface area contributed by atoms with Gasteiger partial charge in [0.15, 0.2) is 5.16 Å². The van der Waals surface area contributed by atoms with Crippen molar-refractivity contribution < 1.29 is 9.59 Å². The fourth-order valence-electron chi connectivity index (χ4n) is 3.12. The van der Waals surface area contributed by atoms with Crippen molar-refractivity contribution in [2.24, 2.45) is 0 Å². The second-order valence-electron chi connectivity index (χ2n) is 6.66. The Labute approximate surface area is 173 Å². The van der Waals surface area contributed by atoms with E-state index >= 15 is 0 Å². The van der Waals surface area contributed by atoms with Gasteiger partial charge in [0.2, 0.25) is 11.8 Å². The minimum atomic E-state index is -0.118. The number of aromatic nitrogens is 2. The highest BCUT2D eigenvalue weighted by molar-refractivity contribution is 8.00. The number of hydrogen-bond donors (Lipinski definition) is 2. The molecule has 1 fully saturated rings. The van der Waals surface area contributed by atoms with Crippen molar-refractivity contribution in [2.45, 2.75) is 54.0 Å². The summed E-state index contributed by atoms with van der Waals surface area (Å²) in [6, 6.07) is 9.58. The predicted octanol–water partition coefficient (Wildman–Crippen LogP) is 3.75. The highest BCUT2D eigenvalue weighted by Crippen LogP contribution is 2.32. The van der Waals surface area contributed by atoms with Gasteiger partial charge in [-0.15, -0.1) is 11.8 Å². The normalized spacial score (nSPS) is 19.0. The molecule has 1 aromatic heterocycles. The number of amides is 2. The monoisotopic (exact) mass is 416 g/mol. The molecule has 1 saturated carbocycles. The van der Waals surface area contributed by atoms with Gasteiger partial charge in [0.05, 0.1) is 11.4 Å². The van der Waals surface area contributed by atoms with Crippen LogP contribution in [0.4, 0.5) is 5.69 Å². The van der Waals surface area contributed by atoms with Crippen molar-refractivity contribution in [2.75, 3.05) is 11.1 Å². The molecule has 2 amide bonds. The first-order valence-electron chi connectivity index (χ1n) is 9.32. The summed E-state index contributed by atoms with van der Waals surface area (Å²) < 4.78 is 0. The molecule has 0 bridgehead atoms. The number of anilines is 1. The van der Waals surface area contributed by atoms with Crippen LogP contribution in [0.1, 0.15) is 32.6 Å². The lowest BCUT2D eigenvalue weighted by atomic mass is 9.95. The van der Waals surface area contributed by atoms with E-state index in [1.165, 1.54) is 18.7 Å². The quantitative estimate of drug-likeness (QED) is 0.528. The van der Waals surface area contributed by atoms with Gasteiger partial charge in [0.1, 0.15) is 0 Å². The summed E-state index contributed by atoms with van der Waals surface area (Å²) in [5, 5.41) is 7.28. The summed E-state index contributed by atoms with van der Waals surface area (Å²) in [4.78, 5) is 33.1. The number of carbonyl (C=O) groups is 2. The van der Waals surface area contributed by atoms with E-state index in [0.29, 0.717) is 11.0 Å². The highest BCUT2D eigenvalue weighted by atomic mass is 32.2. The molecule has 148 valence electrons. The molecule has 6 nitrogen and oxygen atoms in total. The van der Waals surface area contributed by atoms with E-state index < -0.39 is 0 Å². The van der Waals surface area contributed by atoms with Gasteiger partial charge in [0.25, 0.3) is 0 Å². The van der Waals surface area contributed by atoms with Crippen LogP contribution in [0.5, 0.6) is 0 Å². The van der Waals surface area contributed by atoms with Gasteiger partial charge in [0, 0.05) is 35.5 Å². The number of carbonyl (C=O) groups excluding carboxylic acids is 2. The van der Waals surface area contributed by atoms with E-state index in [0.717, 1.165) is 41.4 Å². The highest BCUT2D eigenvalue weighted by Gasteiger charge is 2.23. The minimum absolute atomic E-state index is 0.0325. The molecule has 28 heavy (non-hydrogen) atoms. The van der Waals surface area contributed by atoms with Crippen LogP contribution in [0.3, 0.4) is 0 Å². The Morgan fingerprint density at radius 3 is 2.50 bits per heavy atom. The van der Waals surface area contributed by atoms with Gasteiger partial charge < -0.3 is 10.6 Å². The second kappa shape index (κ2) is 10.5. The third-order valence-corrected chi connectivity index (χ3v) is 6.71. The van der Waals surface area contributed by atoms with Gasteiger partial charge in [-0.2, -0.15) is 0 Å². The maximum Gasteiger partial charge on any atom is 0.230 e. The average Bonchev–Trinajstić information content (AvgIpc) is 2.69. The molecule has 1 heterocycles. The lowest BCUT2D eigenvalue weighted by molar-refractivity contribution is -0.119. The molecule has 2 N–H and O–H groups in total.